The monoisotopic (exact) mass is 532 g/mol. The number of likely N-dealkylation sites (tertiary alicyclic amines) is 1. The summed E-state index contributed by atoms with van der Waals surface area (Å²) in [6.45, 7) is 5.51. The predicted molar refractivity (Wildman–Crippen MR) is 150 cm³/mol. The van der Waals surface area contributed by atoms with E-state index in [2.05, 4.69) is 27.3 Å². The molecular formula is C29H32N4O4S. The summed E-state index contributed by atoms with van der Waals surface area (Å²) in [7, 11) is 1.65. The average Bonchev–Trinajstić information content (AvgIpc) is 3.50. The number of ether oxygens (including phenoxy) is 3. The van der Waals surface area contributed by atoms with Crippen LogP contribution in [0.4, 0.5) is 0 Å². The predicted octanol–water partition coefficient (Wildman–Crippen LogP) is 4.16. The van der Waals surface area contributed by atoms with Gasteiger partial charge in [0.15, 0.2) is 11.5 Å². The number of hydrogen-bond donors (Lipinski definition) is 1. The maximum absolute atomic E-state index is 13.2. The highest BCUT2D eigenvalue weighted by molar-refractivity contribution is 7.13. The number of aromatic nitrogens is 2. The van der Waals surface area contributed by atoms with Crippen molar-refractivity contribution in [1.29, 1.82) is 0 Å². The van der Waals surface area contributed by atoms with Gasteiger partial charge in [-0.2, -0.15) is 0 Å². The van der Waals surface area contributed by atoms with E-state index in [1.807, 2.05) is 34.2 Å². The Balaban J connectivity index is 1.08. The zero-order valence-electron chi connectivity index (χ0n) is 21.5. The first kappa shape index (κ1) is 24.9. The summed E-state index contributed by atoms with van der Waals surface area (Å²) < 4.78 is 18.7. The fraction of sp³-hybridized carbons (Fsp3) is 0.379. The Bertz CT molecular complexity index is 1460. The van der Waals surface area contributed by atoms with E-state index in [4.69, 9.17) is 14.2 Å². The van der Waals surface area contributed by atoms with Gasteiger partial charge in [0.2, 0.25) is 0 Å². The van der Waals surface area contributed by atoms with Crippen LogP contribution in [0.15, 0.2) is 58.8 Å². The SMILES string of the molecule is COc1ccc2c(-c3nccs3)cc(=O)n(CCN3CCC(NCc4ccc5c(c4)OCCO5)CC3)c2c1. The van der Waals surface area contributed by atoms with Crippen LogP contribution in [0.1, 0.15) is 18.4 Å². The van der Waals surface area contributed by atoms with Gasteiger partial charge in [0.25, 0.3) is 5.56 Å². The number of hydrogen-bond acceptors (Lipinski definition) is 8. The van der Waals surface area contributed by atoms with Crippen molar-refractivity contribution in [3.05, 3.63) is 70.0 Å². The van der Waals surface area contributed by atoms with Gasteiger partial charge in [0, 0.05) is 60.3 Å². The van der Waals surface area contributed by atoms with E-state index >= 15 is 0 Å². The third-order valence-corrected chi connectivity index (χ3v) is 8.22. The zero-order chi connectivity index (χ0) is 25.9. The molecule has 6 rings (SSSR count). The highest BCUT2D eigenvalue weighted by atomic mass is 32.1. The number of benzene rings is 2. The molecule has 2 aliphatic heterocycles. The maximum Gasteiger partial charge on any atom is 0.251 e. The van der Waals surface area contributed by atoms with Crippen LogP contribution in [0.2, 0.25) is 0 Å². The van der Waals surface area contributed by atoms with Crippen molar-refractivity contribution >= 4 is 22.2 Å². The number of methoxy groups -OCH3 is 1. The minimum absolute atomic E-state index is 0.00747. The molecule has 0 unspecified atom stereocenters. The molecule has 0 atom stereocenters. The summed E-state index contributed by atoms with van der Waals surface area (Å²) in [5.74, 6) is 2.41. The quantitative estimate of drug-likeness (QED) is 0.365. The van der Waals surface area contributed by atoms with Crippen LogP contribution in [0, 0.1) is 0 Å². The Kier molecular flexibility index (Phi) is 7.31. The second-order valence-corrected chi connectivity index (χ2v) is 10.6. The van der Waals surface area contributed by atoms with E-state index in [-0.39, 0.29) is 5.56 Å². The number of pyridine rings is 1. The van der Waals surface area contributed by atoms with Crippen molar-refractivity contribution in [3.8, 4) is 27.8 Å². The normalized spacial score (nSPS) is 16.1. The number of fused-ring (bicyclic) bond motifs is 2. The van der Waals surface area contributed by atoms with E-state index < -0.39 is 0 Å². The Morgan fingerprint density at radius 3 is 2.68 bits per heavy atom. The lowest BCUT2D eigenvalue weighted by Crippen LogP contribution is -2.43. The second kappa shape index (κ2) is 11.1. The van der Waals surface area contributed by atoms with Gasteiger partial charge in [0.05, 0.1) is 12.6 Å². The Labute approximate surface area is 225 Å². The van der Waals surface area contributed by atoms with Gasteiger partial charge >= 0.3 is 0 Å². The molecule has 0 aliphatic carbocycles. The second-order valence-electron chi connectivity index (χ2n) is 9.74. The molecule has 198 valence electrons. The highest BCUT2D eigenvalue weighted by Gasteiger charge is 2.20. The molecule has 0 amide bonds. The summed E-state index contributed by atoms with van der Waals surface area (Å²) in [6.07, 6.45) is 3.93. The van der Waals surface area contributed by atoms with Gasteiger partial charge in [-0.3, -0.25) is 4.79 Å². The van der Waals surface area contributed by atoms with Crippen molar-refractivity contribution in [1.82, 2.24) is 19.8 Å². The first-order chi connectivity index (χ1) is 18.7. The Morgan fingerprint density at radius 2 is 1.89 bits per heavy atom. The van der Waals surface area contributed by atoms with Gasteiger partial charge in [-0.1, -0.05) is 6.07 Å². The maximum atomic E-state index is 13.2. The molecule has 0 saturated carbocycles. The molecule has 1 N–H and O–H groups in total. The largest absolute Gasteiger partial charge is 0.497 e. The van der Waals surface area contributed by atoms with Crippen molar-refractivity contribution in [2.75, 3.05) is 40.0 Å². The lowest BCUT2D eigenvalue weighted by Gasteiger charge is -2.32. The number of piperidine rings is 1. The standard InChI is InChI=1S/C29H32N4O4S/c1-35-22-3-4-23-24(29-30-8-15-38-29)18-28(34)33(25(23)17-22)12-11-32-9-6-21(7-10-32)31-19-20-2-5-26-27(16-20)37-14-13-36-26/h2-5,8,15-18,21,31H,6-7,9-14,19H2,1H3. The van der Waals surface area contributed by atoms with Crippen molar-refractivity contribution < 1.29 is 14.2 Å². The van der Waals surface area contributed by atoms with E-state index in [9.17, 15) is 4.79 Å². The van der Waals surface area contributed by atoms with Gasteiger partial charge in [-0.25, -0.2) is 4.98 Å². The summed E-state index contributed by atoms with van der Waals surface area (Å²) >= 11 is 1.54. The molecule has 4 aromatic rings. The van der Waals surface area contributed by atoms with E-state index in [0.29, 0.717) is 25.8 Å². The Hall–Kier alpha value is -3.40. The first-order valence-corrected chi connectivity index (χ1v) is 14.0. The van der Waals surface area contributed by atoms with Gasteiger partial charge in [-0.05, 0) is 55.8 Å². The smallest absolute Gasteiger partial charge is 0.251 e. The van der Waals surface area contributed by atoms with Crippen LogP contribution < -0.4 is 25.1 Å². The van der Waals surface area contributed by atoms with Crippen molar-refractivity contribution in [2.45, 2.75) is 32.0 Å². The molecule has 0 bridgehead atoms. The molecule has 0 spiro atoms. The molecule has 38 heavy (non-hydrogen) atoms. The number of nitrogens with zero attached hydrogens (tertiary/aromatic N) is 3. The number of nitrogens with one attached hydrogen (secondary N) is 1. The minimum Gasteiger partial charge on any atom is -0.497 e. The van der Waals surface area contributed by atoms with Crippen LogP contribution in [0.3, 0.4) is 0 Å². The lowest BCUT2D eigenvalue weighted by molar-refractivity contribution is 0.171. The molecule has 1 fully saturated rings. The molecule has 9 heteroatoms. The molecule has 2 aromatic carbocycles. The van der Waals surface area contributed by atoms with E-state index in [1.165, 1.54) is 5.56 Å². The van der Waals surface area contributed by atoms with Gasteiger partial charge in [-0.15, -0.1) is 11.3 Å². The highest BCUT2D eigenvalue weighted by Crippen LogP contribution is 2.32. The average molecular weight is 533 g/mol. The molecule has 1 saturated heterocycles. The summed E-state index contributed by atoms with van der Waals surface area (Å²) in [6, 6.07) is 14.3. The van der Waals surface area contributed by atoms with Gasteiger partial charge in [0.1, 0.15) is 24.0 Å². The molecule has 2 aliphatic rings. The zero-order valence-corrected chi connectivity index (χ0v) is 22.3. The Morgan fingerprint density at radius 1 is 1.05 bits per heavy atom. The molecule has 4 heterocycles. The summed E-state index contributed by atoms with van der Waals surface area (Å²) in [5, 5.41) is 7.52. The van der Waals surface area contributed by atoms with Crippen LogP contribution >= 0.6 is 11.3 Å². The molecule has 0 radical (unpaired) electrons. The van der Waals surface area contributed by atoms with Crippen LogP contribution in [-0.2, 0) is 13.1 Å². The summed E-state index contributed by atoms with van der Waals surface area (Å²) in [5.41, 5.74) is 2.97. The molecular weight excluding hydrogens is 500 g/mol. The van der Waals surface area contributed by atoms with Crippen molar-refractivity contribution in [3.63, 3.8) is 0 Å². The first-order valence-electron chi connectivity index (χ1n) is 13.1. The van der Waals surface area contributed by atoms with Gasteiger partial charge < -0.3 is 29.0 Å². The topological polar surface area (TPSA) is 77.9 Å². The number of rotatable bonds is 8. The minimum atomic E-state index is -0.00747. The van der Waals surface area contributed by atoms with Crippen LogP contribution in [0.25, 0.3) is 21.5 Å². The number of thiazole rings is 1. The fourth-order valence-corrected chi connectivity index (χ4v) is 5.98. The lowest BCUT2D eigenvalue weighted by atomic mass is 10.0. The van der Waals surface area contributed by atoms with E-state index in [0.717, 1.165) is 77.7 Å². The van der Waals surface area contributed by atoms with E-state index in [1.54, 1.807) is 30.7 Å². The van der Waals surface area contributed by atoms with Crippen molar-refractivity contribution in [2.24, 2.45) is 0 Å². The fourth-order valence-electron chi connectivity index (χ4n) is 5.31. The molecule has 2 aromatic heterocycles. The van der Waals surface area contributed by atoms with Crippen LogP contribution in [-0.4, -0.2) is 60.5 Å². The third kappa shape index (κ3) is 5.27. The third-order valence-electron chi connectivity index (χ3n) is 7.41. The van der Waals surface area contributed by atoms with Crippen LogP contribution in [0.5, 0.6) is 17.2 Å². The summed E-state index contributed by atoms with van der Waals surface area (Å²) in [4.78, 5) is 20.1. The molecule has 8 nitrogen and oxygen atoms in total.